The summed E-state index contributed by atoms with van der Waals surface area (Å²) in [6, 6.07) is 8.20. The van der Waals surface area contributed by atoms with Crippen molar-refractivity contribution in [3.05, 3.63) is 51.9 Å². The number of H-pyrrole nitrogens is 1. The maximum absolute atomic E-state index is 11.7. The van der Waals surface area contributed by atoms with Crippen LogP contribution in [-0.2, 0) is 4.74 Å². The molecular formula is C14H16N2O3. The Kier molecular flexibility index (Phi) is 3.55. The molecule has 0 atom stereocenters. The van der Waals surface area contributed by atoms with Crippen molar-refractivity contribution in [3.63, 3.8) is 0 Å². The molecule has 1 N–H and O–H groups in total. The van der Waals surface area contributed by atoms with E-state index in [4.69, 9.17) is 4.74 Å². The van der Waals surface area contributed by atoms with E-state index in [9.17, 15) is 9.59 Å². The van der Waals surface area contributed by atoms with Gasteiger partial charge in [-0.3, -0.25) is 9.89 Å². The number of carbonyl (C=O) groups excluding carboxylic acids is 1. The van der Waals surface area contributed by atoms with Crippen molar-refractivity contribution >= 4 is 5.97 Å². The molecular weight excluding hydrogens is 244 g/mol. The lowest BCUT2D eigenvalue weighted by molar-refractivity contribution is 0.0378. The highest BCUT2D eigenvalue weighted by Crippen LogP contribution is 2.09. The lowest BCUT2D eigenvalue weighted by Crippen LogP contribution is -2.14. The van der Waals surface area contributed by atoms with Crippen LogP contribution in [0, 0.1) is 6.92 Å². The summed E-state index contributed by atoms with van der Waals surface area (Å²) in [6.45, 7) is 5.41. The SMILES string of the molecule is Cc1cc(=O)n(-c2ccc(C(=O)OC(C)C)cc2)[nH]1. The summed E-state index contributed by atoms with van der Waals surface area (Å²) in [7, 11) is 0. The number of hydrogen-bond acceptors (Lipinski definition) is 3. The molecule has 2 aromatic rings. The van der Waals surface area contributed by atoms with Crippen molar-refractivity contribution in [3.8, 4) is 5.69 Å². The predicted molar refractivity (Wildman–Crippen MR) is 71.7 cm³/mol. The van der Waals surface area contributed by atoms with Gasteiger partial charge in [-0.15, -0.1) is 0 Å². The molecule has 0 amide bonds. The minimum absolute atomic E-state index is 0.130. The fourth-order valence-electron chi connectivity index (χ4n) is 1.73. The van der Waals surface area contributed by atoms with Gasteiger partial charge in [-0.2, -0.15) is 0 Å². The zero-order valence-electron chi connectivity index (χ0n) is 11.1. The number of nitrogens with one attached hydrogen (secondary N) is 1. The number of aromatic nitrogens is 2. The molecule has 0 aliphatic heterocycles. The molecule has 2 rings (SSSR count). The molecule has 0 fully saturated rings. The Morgan fingerprint density at radius 2 is 1.89 bits per heavy atom. The smallest absolute Gasteiger partial charge is 0.338 e. The van der Waals surface area contributed by atoms with Crippen LogP contribution >= 0.6 is 0 Å². The van der Waals surface area contributed by atoms with Crippen molar-refractivity contribution in [2.75, 3.05) is 0 Å². The molecule has 0 spiro atoms. The molecule has 0 saturated heterocycles. The molecule has 19 heavy (non-hydrogen) atoms. The van der Waals surface area contributed by atoms with E-state index in [1.807, 2.05) is 6.92 Å². The zero-order valence-corrected chi connectivity index (χ0v) is 11.1. The Bertz CT molecular complexity index is 635. The molecule has 5 heteroatoms. The van der Waals surface area contributed by atoms with E-state index in [0.29, 0.717) is 11.3 Å². The molecule has 0 bridgehead atoms. The topological polar surface area (TPSA) is 64.1 Å². The van der Waals surface area contributed by atoms with Crippen LogP contribution in [0.4, 0.5) is 0 Å². The summed E-state index contributed by atoms with van der Waals surface area (Å²) in [6.07, 6.45) is -0.152. The monoisotopic (exact) mass is 260 g/mol. The third-order valence-electron chi connectivity index (χ3n) is 2.55. The van der Waals surface area contributed by atoms with Crippen LogP contribution in [0.25, 0.3) is 5.69 Å². The second kappa shape index (κ2) is 5.14. The van der Waals surface area contributed by atoms with Crippen LogP contribution < -0.4 is 5.56 Å². The fourth-order valence-corrected chi connectivity index (χ4v) is 1.73. The Hall–Kier alpha value is -2.30. The molecule has 1 aromatic carbocycles. The number of hydrogen-bond donors (Lipinski definition) is 1. The largest absolute Gasteiger partial charge is 0.459 e. The van der Waals surface area contributed by atoms with Crippen molar-refractivity contribution in [1.29, 1.82) is 0 Å². The third kappa shape index (κ3) is 2.93. The standard InChI is InChI=1S/C14H16N2O3/c1-9(2)19-14(18)11-4-6-12(7-5-11)16-13(17)8-10(3)15-16/h4-9,15H,1-3H3. The molecule has 1 heterocycles. The normalized spacial score (nSPS) is 10.7. The van der Waals surface area contributed by atoms with Crippen LogP contribution in [0.15, 0.2) is 35.1 Å². The maximum atomic E-state index is 11.7. The van der Waals surface area contributed by atoms with Crippen LogP contribution in [-0.4, -0.2) is 21.9 Å². The molecule has 5 nitrogen and oxygen atoms in total. The first-order valence-electron chi connectivity index (χ1n) is 6.07. The summed E-state index contributed by atoms with van der Waals surface area (Å²) >= 11 is 0. The highest BCUT2D eigenvalue weighted by molar-refractivity contribution is 5.89. The van der Waals surface area contributed by atoms with E-state index in [2.05, 4.69) is 5.10 Å². The first kappa shape index (κ1) is 13.1. The van der Waals surface area contributed by atoms with Gasteiger partial charge in [0, 0.05) is 11.8 Å². The molecule has 0 aliphatic carbocycles. The van der Waals surface area contributed by atoms with E-state index >= 15 is 0 Å². The number of aryl methyl sites for hydroxylation is 1. The quantitative estimate of drug-likeness (QED) is 0.859. The number of aromatic amines is 1. The lowest BCUT2D eigenvalue weighted by Gasteiger charge is -2.08. The van der Waals surface area contributed by atoms with E-state index in [0.717, 1.165) is 5.69 Å². The fraction of sp³-hybridized carbons (Fsp3) is 0.286. The average molecular weight is 260 g/mol. The minimum Gasteiger partial charge on any atom is -0.459 e. The second-order valence-electron chi connectivity index (χ2n) is 4.61. The number of carbonyl (C=O) groups is 1. The van der Waals surface area contributed by atoms with Gasteiger partial charge in [0.15, 0.2) is 0 Å². The van der Waals surface area contributed by atoms with Crippen molar-refractivity contribution in [2.45, 2.75) is 26.9 Å². The summed E-state index contributed by atoms with van der Waals surface area (Å²) in [4.78, 5) is 23.3. The van der Waals surface area contributed by atoms with Gasteiger partial charge in [0.2, 0.25) is 0 Å². The van der Waals surface area contributed by atoms with Gasteiger partial charge in [-0.1, -0.05) is 0 Å². The lowest BCUT2D eigenvalue weighted by atomic mass is 10.2. The van der Waals surface area contributed by atoms with Gasteiger partial charge >= 0.3 is 5.97 Å². The van der Waals surface area contributed by atoms with E-state index < -0.39 is 0 Å². The third-order valence-corrected chi connectivity index (χ3v) is 2.55. The predicted octanol–water partition coefficient (Wildman–Crippen LogP) is 2.04. The van der Waals surface area contributed by atoms with E-state index in [1.165, 1.54) is 10.7 Å². The maximum Gasteiger partial charge on any atom is 0.338 e. The van der Waals surface area contributed by atoms with Crippen LogP contribution in [0.1, 0.15) is 29.9 Å². The molecule has 0 aliphatic rings. The highest BCUT2D eigenvalue weighted by Gasteiger charge is 2.09. The van der Waals surface area contributed by atoms with Crippen LogP contribution in [0.5, 0.6) is 0 Å². The van der Waals surface area contributed by atoms with E-state index in [1.54, 1.807) is 38.1 Å². The van der Waals surface area contributed by atoms with Crippen molar-refractivity contribution < 1.29 is 9.53 Å². The Morgan fingerprint density at radius 3 is 2.37 bits per heavy atom. The highest BCUT2D eigenvalue weighted by atomic mass is 16.5. The van der Waals surface area contributed by atoms with Crippen LogP contribution in [0.2, 0.25) is 0 Å². The molecule has 100 valence electrons. The molecule has 0 radical (unpaired) electrons. The Morgan fingerprint density at radius 1 is 1.26 bits per heavy atom. The minimum atomic E-state index is -0.364. The summed E-state index contributed by atoms with van der Waals surface area (Å²) in [5.41, 5.74) is 1.80. The number of ether oxygens (including phenoxy) is 1. The van der Waals surface area contributed by atoms with Crippen molar-refractivity contribution in [2.24, 2.45) is 0 Å². The number of nitrogens with zero attached hydrogens (tertiary/aromatic N) is 1. The van der Waals surface area contributed by atoms with Gasteiger partial charge in [0.05, 0.1) is 17.4 Å². The first-order chi connectivity index (χ1) is 8.97. The zero-order chi connectivity index (χ0) is 14.0. The van der Waals surface area contributed by atoms with Gasteiger partial charge in [0.25, 0.3) is 5.56 Å². The number of rotatable bonds is 3. The van der Waals surface area contributed by atoms with Gasteiger partial charge in [0.1, 0.15) is 0 Å². The van der Waals surface area contributed by atoms with Gasteiger partial charge in [-0.05, 0) is 45.0 Å². The summed E-state index contributed by atoms with van der Waals surface area (Å²) in [5, 5.41) is 2.93. The molecule has 1 aromatic heterocycles. The second-order valence-corrected chi connectivity index (χ2v) is 4.61. The molecule has 0 saturated carbocycles. The Labute approximate surface area is 110 Å². The van der Waals surface area contributed by atoms with Crippen LogP contribution in [0.3, 0.4) is 0 Å². The van der Waals surface area contributed by atoms with Gasteiger partial charge in [-0.25, -0.2) is 9.48 Å². The van der Waals surface area contributed by atoms with E-state index in [-0.39, 0.29) is 17.6 Å². The summed E-state index contributed by atoms with van der Waals surface area (Å²) in [5.74, 6) is -0.364. The first-order valence-corrected chi connectivity index (χ1v) is 6.07. The Balaban J connectivity index is 2.26. The van der Waals surface area contributed by atoms with Gasteiger partial charge < -0.3 is 4.74 Å². The van der Waals surface area contributed by atoms with Crippen molar-refractivity contribution in [1.82, 2.24) is 9.78 Å². The number of benzene rings is 1. The average Bonchev–Trinajstić information content (AvgIpc) is 2.68. The summed E-state index contributed by atoms with van der Waals surface area (Å²) < 4.78 is 6.52. The molecule has 0 unspecified atom stereocenters. The number of esters is 1.